The smallest absolute Gasteiger partial charge is 0.338 e. The number of rotatable bonds is 5. The molecule has 0 bridgehead atoms. The maximum Gasteiger partial charge on any atom is 0.338 e. The quantitative estimate of drug-likeness (QED) is 0.572. The van der Waals surface area contributed by atoms with Crippen molar-refractivity contribution in [3.05, 3.63) is 58.9 Å². The molecule has 0 saturated carbocycles. The largest absolute Gasteiger partial charge is 0.455 e. The molecule has 29 heavy (non-hydrogen) atoms. The zero-order valence-corrected chi connectivity index (χ0v) is 16.8. The fourth-order valence-corrected chi connectivity index (χ4v) is 5.33. The van der Waals surface area contributed by atoms with Gasteiger partial charge in [-0.2, -0.15) is 4.31 Å². The van der Waals surface area contributed by atoms with Crippen molar-refractivity contribution in [3.63, 3.8) is 0 Å². The van der Waals surface area contributed by atoms with Crippen LogP contribution in [0.1, 0.15) is 15.4 Å². The molecule has 0 spiro atoms. The van der Waals surface area contributed by atoms with E-state index in [1.165, 1.54) is 17.4 Å². The van der Waals surface area contributed by atoms with Gasteiger partial charge in [0.25, 0.3) is 0 Å². The number of fused-ring (bicyclic) bond motifs is 1. The minimum absolute atomic E-state index is 0.0423. The summed E-state index contributed by atoms with van der Waals surface area (Å²) in [5.41, 5.74) is 0.767. The average Bonchev–Trinajstić information content (AvgIpc) is 3.16. The van der Waals surface area contributed by atoms with E-state index in [1.807, 2.05) is 24.3 Å². The predicted octanol–water partition coefficient (Wildman–Crippen LogP) is 2.81. The summed E-state index contributed by atoms with van der Waals surface area (Å²) in [5, 5.41) is 0.614. The minimum atomic E-state index is -4.07. The first kappa shape index (κ1) is 19.9. The van der Waals surface area contributed by atoms with Crippen LogP contribution in [0.4, 0.5) is 4.39 Å². The fraction of sp³-hybridized carbons (Fsp3) is 0.263. The Labute approximate surface area is 170 Å². The Hall–Kier alpha value is -2.40. The molecule has 152 valence electrons. The van der Waals surface area contributed by atoms with E-state index in [0.717, 1.165) is 26.7 Å². The molecule has 3 aromatic rings. The van der Waals surface area contributed by atoms with Gasteiger partial charge in [-0.25, -0.2) is 22.6 Å². The molecule has 0 unspecified atom stereocenters. The van der Waals surface area contributed by atoms with Crippen molar-refractivity contribution in [2.24, 2.45) is 0 Å². The van der Waals surface area contributed by atoms with E-state index >= 15 is 0 Å². The molecule has 0 amide bonds. The third-order valence-electron chi connectivity index (χ3n) is 4.42. The molecule has 1 saturated heterocycles. The first-order chi connectivity index (χ1) is 13.9. The Morgan fingerprint density at radius 2 is 1.97 bits per heavy atom. The molecule has 2 heterocycles. The van der Waals surface area contributed by atoms with E-state index in [9.17, 15) is 17.6 Å². The van der Waals surface area contributed by atoms with Crippen LogP contribution in [0.3, 0.4) is 0 Å². The van der Waals surface area contributed by atoms with Gasteiger partial charge in [0, 0.05) is 13.1 Å². The normalized spacial score (nSPS) is 15.5. The summed E-state index contributed by atoms with van der Waals surface area (Å²) in [7, 11) is -4.07. The molecule has 0 N–H and O–H groups in total. The lowest BCUT2D eigenvalue weighted by molar-refractivity contribution is 0.0472. The summed E-state index contributed by atoms with van der Waals surface area (Å²) < 4.78 is 52.2. The Morgan fingerprint density at radius 3 is 2.72 bits per heavy atom. The zero-order chi connectivity index (χ0) is 20.4. The molecule has 1 aliphatic rings. The van der Waals surface area contributed by atoms with E-state index in [1.54, 1.807) is 0 Å². The van der Waals surface area contributed by atoms with Gasteiger partial charge in [0.2, 0.25) is 10.0 Å². The second kappa shape index (κ2) is 8.15. The Morgan fingerprint density at radius 1 is 1.21 bits per heavy atom. The fourth-order valence-electron chi connectivity index (χ4n) is 2.95. The van der Waals surface area contributed by atoms with Crippen molar-refractivity contribution in [3.8, 4) is 0 Å². The number of hydrogen-bond donors (Lipinski definition) is 0. The van der Waals surface area contributed by atoms with E-state index < -0.39 is 26.7 Å². The van der Waals surface area contributed by atoms with E-state index in [-0.39, 0.29) is 38.5 Å². The standard InChI is InChI=1S/C19H17FN2O5S2/c20-14-6-5-13(11-17(14)29(24,25)22-7-9-26-10-8-22)19(23)27-12-18-21-15-3-1-2-4-16(15)28-18/h1-6,11H,7-10,12H2. The van der Waals surface area contributed by atoms with Crippen LogP contribution in [0.15, 0.2) is 47.4 Å². The summed E-state index contributed by atoms with van der Waals surface area (Å²) >= 11 is 1.40. The number of thiazole rings is 1. The first-order valence-corrected chi connectivity index (χ1v) is 11.1. The molecule has 10 heteroatoms. The van der Waals surface area contributed by atoms with Crippen molar-refractivity contribution in [1.29, 1.82) is 0 Å². The molecule has 4 rings (SSSR count). The molecular weight excluding hydrogens is 419 g/mol. The number of halogens is 1. The van der Waals surface area contributed by atoms with Gasteiger partial charge in [-0.3, -0.25) is 0 Å². The molecule has 1 aliphatic heterocycles. The monoisotopic (exact) mass is 436 g/mol. The summed E-state index contributed by atoms with van der Waals surface area (Å²) in [6.07, 6.45) is 0. The number of carbonyl (C=O) groups excluding carboxylic acids is 1. The van der Waals surface area contributed by atoms with E-state index in [4.69, 9.17) is 9.47 Å². The van der Waals surface area contributed by atoms with Gasteiger partial charge in [-0.05, 0) is 30.3 Å². The molecule has 0 radical (unpaired) electrons. The SMILES string of the molecule is O=C(OCc1nc2ccccc2s1)c1ccc(F)c(S(=O)(=O)N2CCOCC2)c1. The van der Waals surface area contributed by atoms with E-state index in [0.29, 0.717) is 5.01 Å². The van der Waals surface area contributed by atoms with Gasteiger partial charge in [0.15, 0.2) is 0 Å². The average molecular weight is 436 g/mol. The highest BCUT2D eigenvalue weighted by molar-refractivity contribution is 7.89. The number of para-hydroxylation sites is 1. The second-order valence-corrected chi connectivity index (χ2v) is 9.33. The second-order valence-electron chi connectivity index (χ2n) is 6.31. The molecule has 2 aromatic carbocycles. The number of aromatic nitrogens is 1. The summed E-state index contributed by atoms with van der Waals surface area (Å²) in [5.74, 6) is -1.66. The molecular formula is C19H17FN2O5S2. The molecule has 0 aliphatic carbocycles. The lowest BCUT2D eigenvalue weighted by Gasteiger charge is -2.26. The van der Waals surface area contributed by atoms with Gasteiger partial charge in [-0.15, -0.1) is 11.3 Å². The van der Waals surface area contributed by atoms with Gasteiger partial charge in [-0.1, -0.05) is 12.1 Å². The minimum Gasteiger partial charge on any atom is -0.455 e. The first-order valence-electron chi connectivity index (χ1n) is 8.84. The number of nitrogens with zero attached hydrogens (tertiary/aromatic N) is 2. The van der Waals surface area contributed by atoms with Crippen molar-refractivity contribution >= 4 is 37.5 Å². The maximum absolute atomic E-state index is 14.3. The number of esters is 1. The Bertz CT molecular complexity index is 1120. The third kappa shape index (κ3) is 4.15. The van der Waals surface area contributed by atoms with Crippen molar-refractivity contribution in [2.75, 3.05) is 26.3 Å². The lowest BCUT2D eigenvalue weighted by Crippen LogP contribution is -2.41. The van der Waals surface area contributed by atoms with Crippen LogP contribution in [-0.4, -0.2) is 50.0 Å². The Balaban J connectivity index is 1.52. The molecule has 1 fully saturated rings. The van der Waals surface area contributed by atoms with Crippen LogP contribution in [0.2, 0.25) is 0 Å². The van der Waals surface area contributed by atoms with Crippen LogP contribution in [-0.2, 0) is 26.1 Å². The van der Waals surface area contributed by atoms with Crippen molar-refractivity contribution in [1.82, 2.24) is 9.29 Å². The van der Waals surface area contributed by atoms with Gasteiger partial charge in [0.05, 0.1) is 29.0 Å². The van der Waals surface area contributed by atoms with Crippen molar-refractivity contribution < 1.29 is 27.1 Å². The number of ether oxygens (including phenoxy) is 2. The van der Waals surface area contributed by atoms with E-state index in [2.05, 4.69) is 4.98 Å². The van der Waals surface area contributed by atoms with Crippen molar-refractivity contribution in [2.45, 2.75) is 11.5 Å². The molecule has 0 atom stereocenters. The lowest BCUT2D eigenvalue weighted by atomic mass is 10.2. The zero-order valence-electron chi connectivity index (χ0n) is 15.2. The highest BCUT2D eigenvalue weighted by atomic mass is 32.2. The number of morpholine rings is 1. The third-order valence-corrected chi connectivity index (χ3v) is 7.34. The highest BCUT2D eigenvalue weighted by Crippen LogP contribution is 2.24. The summed E-state index contributed by atoms with van der Waals surface area (Å²) in [6, 6.07) is 10.7. The number of carbonyl (C=O) groups is 1. The number of benzene rings is 2. The summed E-state index contributed by atoms with van der Waals surface area (Å²) in [6.45, 7) is 0.693. The molecule has 1 aromatic heterocycles. The van der Waals surface area contributed by atoms with Crippen LogP contribution < -0.4 is 0 Å². The van der Waals surface area contributed by atoms with Crippen LogP contribution in [0.5, 0.6) is 0 Å². The topological polar surface area (TPSA) is 85.8 Å². The summed E-state index contributed by atoms with van der Waals surface area (Å²) in [4.78, 5) is 16.2. The van der Waals surface area contributed by atoms with Crippen LogP contribution in [0, 0.1) is 5.82 Å². The van der Waals surface area contributed by atoms with Gasteiger partial charge >= 0.3 is 5.97 Å². The number of sulfonamides is 1. The molecule has 7 nitrogen and oxygen atoms in total. The maximum atomic E-state index is 14.3. The van der Waals surface area contributed by atoms with Gasteiger partial charge < -0.3 is 9.47 Å². The highest BCUT2D eigenvalue weighted by Gasteiger charge is 2.30. The van der Waals surface area contributed by atoms with Crippen LogP contribution in [0.25, 0.3) is 10.2 Å². The predicted molar refractivity (Wildman–Crippen MR) is 105 cm³/mol. The Kier molecular flexibility index (Phi) is 5.59. The van der Waals surface area contributed by atoms with Crippen LogP contribution >= 0.6 is 11.3 Å². The number of hydrogen-bond acceptors (Lipinski definition) is 7. The van der Waals surface area contributed by atoms with Gasteiger partial charge in [0.1, 0.15) is 22.3 Å².